The molecular weight excluding hydrogens is 267 g/mol. The number of benzene rings is 1. The van der Waals surface area contributed by atoms with Crippen molar-refractivity contribution in [2.24, 2.45) is 0 Å². The summed E-state index contributed by atoms with van der Waals surface area (Å²) in [6.07, 6.45) is 0. The average Bonchev–Trinajstić information content (AvgIpc) is 2.33. The summed E-state index contributed by atoms with van der Waals surface area (Å²) in [5, 5.41) is 3.20. The predicted molar refractivity (Wildman–Crippen MR) is 85.3 cm³/mol. The van der Waals surface area contributed by atoms with Crippen LogP contribution in [0.5, 0.6) is 0 Å². The predicted octanol–water partition coefficient (Wildman–Crippen LogP) is 3.50. The van der Waals surface area contributed by atoms with E-state index in [0.29, 0.717) is 18.8 Å². The second-order valence-corrected chi connectivity index (χ2v) is 7.17. The Bertz CT molecular complexity index is 498. The molecular formula is C17H27FN2O. The van der Waals surface area contributed by atoms with E-state index >= 15 is 0 Å². The van der Waals surface area contributed by atoms with Crippen LogP contribution in [-0.4, -0.2) is 31.3 Å². The van der Waals surface area contributed by atoms with Gasteiger partial charge in [-0.1, -0.05) is 12.1 Å². The normalized spacial score (nSPS) is 22.1. The lowest BCUT2D eigenvalue weighted by molar-refractivity contribution is -0.133. The number of hydrogen-bond donors (Lipinski definition) is 1. The average molecular weight is 294 g/mol. The molecule has 1 fully saturated rings. The van der Waals surface area contributed by atoms with Gasteiger partial charge in [-0.25, -0.2) is 4.39 Å². The number of morpholine rings is 1. The molecule has 0 bridgehead atoms. The molecule has 1 heterocycles. The van der Waals surface area contributed by atoms with Crippen molar-refractivity contribution in [2.75, 3.05) is 25.0 Å². The lowest BCUT2D eigenvalue weighted by Crippen LogP contribution is -2.57. The van der Waals surface area contributed by atoms with Crippen molar-refractivity contribution in [3.8, 4) is 0 Å². The molecule has 118 valence electrons. The van der Waals surface area contributed by atoms with Crippen LogP contribution in [0.4, 0.5) is 10.1 Å². The largest absolute Gasteiger partial charge is 0.366 e. The second kappa shape index (κ2) is 5.58. The minimum Gasteiger partial charge on any atom is -0.366 e. The molecule has 3 nitrogen and oxygen atoms in total. The molecule has 0 spiro atoms. The van der Waals surface area contributed by atoms with Gasteiger partial charge in [0, 0.05) is 19.1 Å². The molecule has 1 aromatic carbocycles. The first-order chi connectivity index (χ1) is 9.65. The SMILES string of the molecule is CNC(C)c1cccc(F)c1N1CC(C)(C)OC(C)(C)C1. The summed E-state index contributed by atoms with van der Waals surface area (Å²) in [5.74, 6) is -0.164. The van der Waals surface area contributed by atoms with Crippen molar-refractivity contribution in [1.29, 1.82) is 0 Å². The molecule has 0 amide bonds. The minimum atomic E-state index is -0.301. The van der Waals surface area contributed by atoms with Crippen molar-refractivity contribution < 1.29 is 9.13 Å². The van der Waals surface area contributed by atoms with Crippen LogP contribution in [0.2, 0.25) is 0 Å². The van der Waals surface area contributed by atoms with Gasteiger partial charge >= 0.3 is 0 Å². The highest BCUT2D eigenvalue weighted by molar-refractivity contribution is 5.57. The van der Waals surface area contributed by atoms with E-state index in [4.69, 9.17) is 4.74 Å². The fourth-order valence-corrected chi connectivity index (χ4v) is 3.32. The minimum absolute atomic E-state index is 0.102. The van der Waals surface area contributed by atoms with Crippen LogP contribution in [0.1, 0.15) is 46.2 Å². The number of ether oxygens (including phenoxy) is 1. The monoisotopic (exact) mass is 294 g/mol. The Labute approximate surface area is 127 Å². The van der Waals surface area contributed by atoms with Crippen LogP contribution in [0.3, 0.4) is 0 Å². The molecule has 1 unspecified atom stereocenters. The van der Waals surface area contributed by atoms with Crippen molar-refractivity contribution >= 4 is 5.69 Å². The lowest BCUT2D eigenvalue weighted by atomic mass is 9.96. The van der Waals surface area contributed by atoms with Gasteiger partial charge in [0.05, 0.1) is 16.9 Å². The standard InChI is InChI=1S/C17H27FN2O/c1-12(19-6)13-8-7-9-14(18)15(13)20-10-16(2,3)21-17(4,5)11-20/h7-9,12,19H,10-11H2,1-6H3. The smallest absolute Gasteiger partial charge is 0.146 e. The van der Waals surface area contributed by atoms with Crippen molar-refractivity contribution in [3.05, 3.63) is 29.6 Å². The Balaban J connectivity index is 2.45. The quantitative estimate of drug-likeness (QED) is 0.923. The molecule has 21 heavy (non-hydrogen) atoms. The summed E-state index contributed by atoms with van der Waals surface area (Å²) >= 11 is 0. The van der Waals surface area contributed by atoms with Crippen molar-refractivity contribution in [3.63, 3.8) is 0 Å². The highest BCUT2D eigenvalue weighted by Crippen LogP contribution is 2.36. The Hall–Kier alpha value is -1.13. The summed E-state index contributed by atoms with van der Waals surface area (Å²) in [6.45, 7) is 11.6. The topological polar surface area (TPSA) is 24.5 Å². The fourth-order valence-electron chi connectivity index (χ4n) is 3.32. The third kappa shape index (κ3) is 3.55. The zero-order valence-electron chi connectivity index (χ0n) is 14.0. The van der Waals surface area contributed by atoms with Gasteiger partial charge in [0.25, 0.3) is 0 Å². The summed E-state index contributed by atoms with van der Waals surface area (Å²) in [7, 11) is 1.90. The van der Waals surface area contributed by atoms with E-state index in [1.807, 2.05) is 13.1 Å². The van der Waals surface area contributed by atoms with Gasteiger partial charge in [0.1, 0.15) is 5.82 Å². The molecule has 0 saturated carbocycles. The van der Waals surface area contributed by atoms with Gasteiger partial charge < -0.3 is 15.0 Å². The van der Waals surface area contributed by atoms with Crippen LogP contribution in [0.15, 0.2) is 18.2 Å². The van der Waals surface area contributed by atoms with E-state index < -0.39 is 0 Å². The molecule has 1 aliphatic heterocycles. The maximum Gasteiger partial charge on any atom is 0.146 e. The molecule has 1 aromatic rings. The van der Waals surface area contributed by atoms with Crippen molar-refractivity contribution in [1.82, 2.24) is 5.32 Å². The highest BCUT2D eigenvalue weighted by Gasteiger charge is 2.39. The number of halogens is 1. The van der Waals surface area contributed by atoms with E-state index in [0.717, 1.165) is 5.56 Å². The maximum absolute atomic E-state index is 14.5. The number of nitrogens with one attached hydrogen (secondary N) is 1. The first kappa shape index (κ1) is 16.2. The van der Waals surface area contributed by atoms with Crippen LogP contribution in [-0.2, 0) is 4.74 Å². The molecule has 1 atom stereocenters. The Kier molecular flexibility index (Phi) is 4.31. The molecule has 0 aliphatic carbocycles. The number of anilines is 1. The molecule has 1 N–H and O–H groups in total. The molecule has 1 saturated heterocycles. The van der Waals surface area contributed by atoms with Crippen LogP contribution < -0.4 is 10.2 Å². The first-order valence-electron chi connectivity index (χ1n) is 7.56. The van der Waals surface area contributed by atoms with Crippen molar-refractivity contribution in [2.45, 2.75) is 51.9 Å². The number of rotatable bonds is 3. The summed E-state index contributed by atoms with van der Waals surface area (Å²) in [5.41, 5.74) is 1.09. The Morgan fingerprint density at radius 3 is 2.29 bits per heavy atom. The third-order valence-electron chi connectivity index (χ3n) is 3.93. The van der Waals surface area contributed by atoms with E-state index in [1.54, 1.807) is 6.07 Å². The molecule has 1 aliphatic rings. The number of nitrogens with zero attached hydrogens (tertiary/aromatic N) is 1. The summed E-state index contributed by atoms with van der Waals surface area (Å²) in [4.78, 5) is 2.13. The molecule has 0 radical (unpaired) electrons. The Morgan fingerprint density at radius 1 is 1.19 bits per heavy atom. The van der Waals surface area contributed by atoms with Gasteiger partial charge in [-0.15, -0.1) is 0 Å². The third-order valence-corrected chi connectivity index (χ3v) is 3.93. The van der Waals surface area contributed by atoms with Gasteiger partial charge in [0.15, 0.2) is 0 Å². The van der Waals surface area contributed by atoms with Gasteiger partial charge in [-0.05, 0) is 53.3 Å². The van der Waals surface area contributed by atoms with Gasteiger partial charge in [-0.2, -0.15) is 0 Å². The number of para-hydroxylation sites is 1. The van der Waals surface area contributed by atoms with Crippen LogP contribution in [0.25, 0.3) is 0 Å². The molecule has 0 aromatic heterocycles. The summed E-state index contributed by atoms with van der Waals surface area (Å²) in [6, 6.07) is 5.41. The Morgan fingerprint density at radius 2 is 1.76 bits per heavy atom. The maximum atomic E-state index is 14.5. The molecule has 4 heteroatoms. The van der Waals surface area contributed by atoms with Gasteiger partial charge in [-0.3, -0.25) is 0 Å². The fraction of sp³-hybridized carbons (Fsp3) is 0.647. The zero-order valence-corrected chi connectivity index (χ0v) is 14.0. The molecule has 2 rings (SSSR count). The highest BCUT2D eigenvalue weighted by atomic mass is 19.1. The number of hydrogen-bond acceptors (Lipinski definition) is 3. The van der Waals surface area contributed by atoms with E-state index in [1.165, 1.54) is 6.07 Å². The zero-order chi connectivity index (χ0) is 15.8. The second-order valence-electron chi connectivity index (χ2n) is 7.17. The summed E-state index contributed by atoms with van der Waals surface area (Å²) < 4.78 is 20.6. The lowest BCUT2D eigenvalue weighted by Gasteiger charge is -2.48. The van der Waals surface area contributed by atoms with Crippen LogP contribution >= 0.6 is 0 Å². The van der Waals surface area contributed by atoms with E-state index in [9.17, 15) is 4.39 Å². The van der Waals surface area contributed by atoms with E-state index in [-0.39, 0.29) is 23.1 Å². The first-order valence-corrected chi connectivity index (χ1v) is 7.56. The van der Waals surface area contributed by atoms with E-state index in [2.05, 4.69) is 44.8 Å². The van der Waals surface area contributed by atoms with Crippen LogP contribution in [0, 0.1) is 5.82 Å². The van der Waals surface area contributed by atoms with Gasteiger partial charge in [0.2, 0.25) is 0 Å².